The standard InChI is InChI=1S/C22H16O2/c23-21-18-13-7-8-14-20(18)24-22(17-11-5-2-6-12-17)19(21)15-16-9-3-1-4-10-16/h1-15,22H/b19-15+/t22-/m0/s1. The van der Waals surface area contributed by atoms with Crippen LogP contribution in [0.5, 0.6) is 5.75 Å². The summed E-state index contributed by atoms with van der Waals surface area (Å²) >= 11 is 0. The van der Waals surface area contributed by atoms with Gasteiger partial charge in [-0.05, 0) is 29.3 Å². The van der Waals surface area contributed by atoms with Crippen LogP contribution in [0.2, 0.25) is 0 Å². The van der Waals surface area contributed by atoms with Crippen molar-refractivity contribution in [3.05, 3.63) is 107 Å². The van der Waals surface area contributed by atoms with E-state index in [1.165, 1.54) is 0 Å². The van der Waals surface area contributed by atoms with Crippen molar-refractivity contribution >= 4 is 11.9 Å². The molecular weight excluding hydrogens is 296 g/mol. The molecule has 24 heavy (non-hydrogen) atoms. The first kappa shape index (κ1) is 14.5. The largest absolute Gasteiger partial charge is 0.480 e. The minimum atomic E-state index is -0.395. The molecule has 0 fully saturated rings. The monoisotopic (exact) mass is 312 g/mol. The molecule has 0 unspecified atom stereocenters. The molecule has 4 rings (SSSR count). The van der Waals surface area contributed by atoms with Gasteiger partial charge in [0.2, 0.25) is 0 Å². The summed E-state index contributed by atoms with van der Waals surface area (Å²) in [7, 11) is 0. The van der Waals surface area contributed by atoms with Gasteiger partial charge in [0, 0.05) is 5.57 Å². The Morgan fingerprint density at radius 3 is 2.12 bits per heavy atom. The lowest BCUT2D eigenvalue weighted by atomic mass is 9.89. The molecule has 2 heteroatoms. The van der Waals surface area contributed by atoms with E-state index in [-0.39, 0.29) is 5.78 Å². The van der Waals surface area contributed by atoms with E-state index in [4.69, 9.17) is 4.74 Å². The van der Waals surface area contributed by atoms with Crippen molar-refractivity contribution in [2.75, 3.05) is 0 Å². The van der Waals surface area contributed by atoms with Gasteiger partial charge in [0.25, 0.3) is 0 Å². The van der Waals surface area contributed by atoms with Crippen molar-refractivity contribution in [2.24, 2.45) is 0 Å². The van der Waals surface area contributed by atoms with E-state index in [0.29, 0.717) is 16.9 Å². The van der Waals surface area contributed by atoms with Crippen LogP contribution >= 0.6 is 0 Å². The number of Topliss-reactive ketones (excluding diaryl/α,β-unsaturated/α-hetero) is 1. The number of hydrogen-bond donors (Lipinski definition) is 0. The van der Waals surface area contributed by atoms with E-state index in [1.54, 1.807) is 0 Å². The molecule has 0 saturated carbocycles. The average Bonchev–Trinajstić information content (AvgIpc) is 2.65. The van der Waals surface area contributed by atoms with Crippen molar-refractivity contribution in [3.63, 3.8) is 0 Å². The van der Waals surface area contributed by atoms with Gasteiger partial charge in [-0.3, -0.25) is 4.79 Å². The van der Waals surface area contributed by atoms with Crippen molar-refractivity contribution in [1.82, 2.24) is 0 Å². The predicted octanol–water partition coefficient (Wildman–Crippen LogP) is 5.09. The van der Waals surface area contributed by atoms with Crippen molar-refractivity contribution < 1.29 is 9.53 Å². The fraction of sp³-hybridized carbons (Fsp3) is 0.0455. The van der Waals surface area contributed by atoms with Crippen molar-refractivity contribution in [2.45, 2.75) is 6.10 Å². The highest BCUT2D eigenvalue weighted by Crippen LogP contribution is 2.39. The van der Waals surface area contributed by atoms with Crippen LogP contribution in [-0.2, 0) is 0 Å². The Labute approximate surface area is 141 Å². The lowest BCUT2D eigenvalue weighted by molar-refractivity contribution is 0.0963. The number of ketones is 1. The Hall–Kier alpha value is -3.13. The molecule has 0 saturated heterocycles. The molecule has 0 aromatic heterocycles. The van der Waals surface area contributed by atoms with Crippen LogP contribution in [0.4, 0.5) is 0 Å². The number of carbonyl (C=O) groups is 1. The van der Waals surface area contributed by atoms with Gasteiger partial charge >= 0.3 is 0 Å². The highest BCUT2D eigenvalue weighted by atomic mass is 16.5. The fourth-order valence-electron chi connectivity index (χ4n) is 2.97. The maximum Gasteiger partial charge on any atom is 0.196 e. The number of ether oxygens (including phenoxy) is 1. The Kier molecular flexibility index (Phi) is 3.72. The van der Waals surface area contributed by atoms with Crippen molar-refractivity contribution in [3.8, 4) is 5.75 Å². The summed E-state index contributed by atoms with van der Waals surface area (Å²) in [5.74, 6) is 0.663. The maximum absolute atomic E-state index is 13.1. The van der Waals surface area contributed by atoms with Crippen LogP contribution in [0.25, 0.3) is 6.08 Å². The number of carbonyl (C=O) groups excluding carboxylic acids is 1. The lowest BCUT2D eigenvalue weighted by Gasteiger charge is -2.28. The molecule has 0 bridgehead atoms. The Morgan fingerprint density at radius 1 is 0.750 bits per heavy atom. The van der Waals surface area contributed by atoms with Gasteiger partial charge in [-0.2, -0.15) is 0 Å². The van der Waals surface area contributed by atoms with E-state index < -0.39 is 6.10 Å². The second-order valence-electron chi connectivity index (χ2n) is 5.74. The maximum atomic E-state index is 13.1. The topological polar surface area (TPSA) is 26.3 Å². The second-order valence-corrected chi connectivity index (χ2v) is 5.74. The first-order chi connectivity index (χ1) is 11.8. The van der Waals surface area contributed by atoms with E-state index in [2.05, 4.69) is 0 Å². The zero-order valence-corrected chi connectivity index (χ0v) is 13.1. The highest BCUT2D eigenvalue weighted by molar-refractivity contribution is 6.14. The third-order valence-corrected chi connectivity index (χ3v) is 4.15. The van der Waals surface area contributed by atoms with Gasteiger partial charge in [0.1, 0.15) is 5.75 Å². The van der Waals surface area contributed by atoms with Crippen molar-refractivity contribution in [1.29, 1.82) is 0 Å². The van der Waals surface area contributed by atoms with E-state index >= 15 is 0 Å². The van der Waals surface area contributed by atoms with Gasteiger partial charge in [-0.25, -0.2) is 0 Å². The molecule has 0 aliphatic carbocycles. The molecule has 0 radical (unpaired) electrons. The number of rotatable bonds is 2. The normalized spacial score (nSPS) is 18.1. The Bertz CT molecular complexity index is 896. The van der Waals surface area contributed by atoms with Crippen LogP contribution < -0.4 is 4.74 Å². The van der Waals surface area contributed by atoms with Gasteiger partial charge in [0.15, 0.2) is 11.9 Å². The summed E-state index contributed by atoms with van der Waals surface area (Å²) in [5.41, 5.74) is 3.24. The SMILES string of the molecule is O=C1/C(=C\c2ccccc2)[C@H](c2ccccc2)Oc2ccccc21. The number of fused-ring (bicyclic) bond motifs is 1. The summed E-state index contributed by atoms with van der Waals surface area (Å²) < 4.78 is 6.18. The highest BCUT2D eigenvalue weighted by Gasteiger charge is 2.32. The molecule has 1 heterocycles. The van der Waals surface area contributed by atoms with Crippen LogP contribution in [-0.4, -0.2) is 5.78 Å². The number of para-hydroxylation sites is 1. The first-order valence-corrected chi connectivity index (χ1v) is 7.95. The molecule has 0 N–H and O–H groups in total. The molecule has 1 aliphatic heterocycles. The van der Waals surface area contributed by atoms with Gasteiger partial charge in [0.05, 0.1) is 5.56 Å². The fourth-order valence-corrected chi connectivity index (χ4v) is 2.97. The molecule has 0 amide bonds. The molecule has 3 aromatic rings. The van der Waals surface area contributed by atoms with E-state index in [0.717, 1.165) is 11.1 Å². The molecule has 3 aromatic carbocycles. The summed E-state index contributed by atoms with van der Waals surface area (Å²) in [6, 6.07) is 27.2. The Balaban J connectivity index is 1.87. The predicted molar refractivity (Wildman–Crippen MR) is 95.0 cm³/mol. The summed E-state index contributed by atoms with van der Waals surface area (Å²) in [4.78, 5) is 13.1. The quantitative estimate of drug-likeness (QED) is 0.616. The minimum absolute atomic E-state index is 0.0227. The lowest BCUT2D eigenvalue weighted by Crippen LogP contribution is -2.23. The summed E-state index contributed by atoms with van der Waals surface area (Å²) in [6.45, 7) is 0. The first-order valence-electron chi connectivity index (χ1n) is 7.95. The minimum Gasteiger partial charge on any atom is -0.480 e. The number of hydrogen-bond acceptors (Lipinski definition) is 2. The van der Waals surface area contributed by atoms with Crippen LogP contribution in [0.3, 0.4) is 0 Å². The summed E-state index contributed by atoms with van der Waals surface area (Å²) in [6.07, 6.45) is 1.53. The van der Waals surface area contributed by atoms with Crippen LogP contribution in [0.1, 0.15) is 27.6 Å². The Morgan fingerprint density at radius 2 is 1.38 bits per heavy atom. The zero-order chi connectivity index (χ0) is 16.4. The molecule has 0 spiro atoms. The third kappa shape index (κ3) is 2.63. The van der Waals surface area contributed by atoms with E-state index in [9.17, 15) is 4.79 Å². The van der Waals surface area contributed by atoms with Gasteiger partial charge < -0.3 is 4.74 Å². The van der Waals surface area contributed by atoms with Crippen LogP contribution in [0, 0.1) is 0 Å². The molecule has 116 valence electrons. The van der Waals surface area contributed by atoms with Crippen LogP contribution in [0.15, 0.2) is 90.5 Å². The van der Waals surface area contributed by atoms with E-state index in [1.807, 2.05) is 91.0 Å². The number of benzene rings is 3. The summed E-state index contributed by atoms with van der Waals surface area (Å²) in [5, 5.41) is 0. The van der Waals surface area contributed by atoms with Gasteiger partial charge in [-0.15, -0.1) is 0 Å². The zero-order valence-electron chi connectivity index (χ0n) is 13.1. The average molecular weight is 312 g/mol. The second kappa shape index (κ2) is 6.17. The molecule has 1 aliphatic rings. The molecular formula is C22H16O2. The third-order valence-electron chi connectivity index (χ3n) is 4.15. The smallest absolute Gasteiger partial charge is 0.196 e. The molecule has 1 atom stereocenters. The molecule has 2 nitrogen and oxygen atoms in total. The van der Waals surface area contributed by atoms with Gasteiger partial charge in [-0.1, -0.05) is 72.8 Å².